The molecule has 1 aromatic heterocycles. The summed E-state index contributed by atoms with van der Waals surface area (Å²) in [6.07, 6.45) is 2.11. The fraction of sp³-hybridized carbons (Fsp3) is 0.333. The van der Waals surface area contributed by atoms with Gasteiger partial charge in [0.2, 0.25) is 0 Å². The van der Waals surface area contributed by atoms with Gasteiger partial charge in [-0.25, -0.2) is 0 Å². The summed E-state index contributed by atoms with van der Waals surface area (Å²) in [6.45, 7) is 1.86. The molecule has 1 unspecified atom stereocenters. The molecule has 20 heavy (non-hydrogen) atoms. The molecule has 0 spiro atoms. The van der Waals surface area contributed by atoms with E-state index in [1.165, 1.54) is 11.3 Å². The second-order valence-electron chi connectivity index (χ2n) is 4.96. The number of nitrogens with zero attached hydrogens (tertiary/aromatic N) is 1. The van der Waals surface area contributed by atoms with Gasteiger partial charge in [-0.3, -0.25) is 4.79 Å². The number of rotatable bonds is 2. The summed E-state index contributed by atoms with van der Waals surface area (Å²) in [5, 5.41) is 16.3. The van der Waals surface area contributed by atoms with E-state index in [-0.39, 0.29) is 11.9 Å². The number of benzene rings is 1. The quantitative estimate of drug-likeness (QED) is 0.889. The number of amides is 1. The highest BCUT2D eigenvalue weighted by Crippen LogP contribution is 2.28. The Balaban J connectivity index is 1.83. The number of carbonyl (C=O) groups excluding carboxylic acids is 1. The fourth-order valence-electron chi connectivity index (χ4n) is 2.50. The van der Waals surface area contributed by atoms with Crippen LogP contribution in [-0.4, -0.2) is 25.0 Å². The maximum absolute atomic E-state index is 12.3. The first-order chi connectivity index (χ1) is 9.78. The van der Waals surface area contributed by atoms with Crippen LogP contribution in [0.15, 0.2) is 24.3 Å². The maximum Gasteiger partial charge on any atom is 0.261 e. The lowest BCUT2D eigenvalue weighted by Gasteiger charge is -2.23. The molecule has 0 saturated carbocycles. The summed E-state index contributed by atoms with van der Waals surface area (Å²) in [7, 11) is 0. The van der Waals surface area contributed by atoms with E-state index < -0.39 is 0 Å². The van der Waals surface area contributed by atoms with E-state index in [9.17, 15) is 4.79 Å². The van der Waals surface area contributed by atoms with Crippen molar-refractivity contribution in [3.8, 4) is 6.07 Å². The van der Waals surface area contributed by atoms with E-state index in [2.05, 4.69) is 16.7 Å². The van der Waals surface area contributed by atoms with Crippen LogP contribution in [0.3, 0.4) is 0 Å². The monoisotopic (exact) mass is 285 g/mol. The normalized spacial score (nSPS) is 18.6. The van der Waals surface area contributed by atoms with Gasteiger partial charge in [-0.1, -0.05) is 6.07 Å². The molecule has 1 aliphatic rings. The number of hydrogen-bond acceptors (Lipinski definition) is 4. The third-order valence-electron chi connectivity index (χ3n) is 3.54. The zero-order valence-corrected chi connectivity index (χ0v) is 11.8. The first-order valence-electron chi connectivity index (χ1n) is 6.72. The van der Waals surface area contributed by atoms with Crippen molar-refractivity contribution in [3.63, 3.8) is 0 Å². The van der Waals surface area contributed by atoms with Gasteiger partial charge in [0.05, 0.1) is 16.5 Å². The third kappa shape index (κ3) is 2.53. The van der Waals surface area contributed by atoms with Crippen molar-refractivity contribution >= 4 is 27.3 Å². The Labute approximate surface area is 121 Å². The standard InChI is InChI=1S/C15H15N3OS/c16-8-10-3-1-5-13-12(10)7-14(20-13)15(19)18-11-4-2-6-17-9-11/h1,3,5,7,11,17H,2,4,6,9H2,(H,18,19). The van der Waals surface area contributed by atoms with E-state index in [4.69, 9.17) is 5.26 Å². The molecule has 1 aliphatic heterocycles. The number of carbonyl (C=O) groups is 1. The Morgan fingerprint density at radius 2 is 2.40 bits per heavy atom. The van der Waals surface area contributed by atoms with E-state index in [1.807, 2.05) is 18.2 Å². The van der Waals surface area contributed by atoms with E-state index in [0.717, 1.165) is 36.0 Å². The van der Waals surface area contributed by atoms with E-state index in [1.54, 1.807) is 6.07 Å². The molecule has 0 aliphatic carbocycles. The van der Waals surface area contributed by atoms with Crippen LogP contribution in [0.25, 0.3) is 10.1 Å². The molecule has 0 bridgehead atoms. The predicted octanol–water partition coefficient (Wildman–Crippen LogP) is 2.25. The number of fused-ring (bicyclic) bond motifs is 1. The summed E-state index contributed by atoms with van der Waals surface area (Å²) in [5.74, 6) is -0.0382. The molecule has 4 nitrogen and oxygen atoms in total. The van der Waals surface area contributed by atoms with Crippen molar-refractivity contribution < 1.29 is 4.79 Å². The molecule has 0 radical (unpaired) electrons. The topological polar surface area (TPSA) is 64.9 Å². The first kappa shape index (κ1) is 13.1. The van der Waals surface area contributed by atoms with Gasteiger partial charge >= 0.3 is 0 Å². The number of nitriles is 1. The highest BCUT2D eigenvalue weighted by atomic mass is 32.1. The molecule has 1 aromatic carbocycles. The van der Waals surface area contributed by atoms with Crippen LogP contribution in [0, 0.1) is 11.3 Å². The summed E-state index contributed by atoms with van der Waals surface area (Å²) < 4.78 is 0.982. The zero-order chi connectivity index (χ0) is 13.9. The molecule has 3 rings (SSSR count). The summed E-state index contributed by atoms with van der Waals surface area (Å²) in [6, 6.07) is 9.77. The fourth-order valence-corrected chi connectivity index (χ4v) is 3.49. The lowest BCUT2D eigenvalue weighted by Crippen LogP contribution is -2.45. The van der Waals surface area contributed by atoms with Crippen molar-refractivity contribution in [3.05, 3.63) is 34.7 Å². The molecule has 2 N–H and O–H groups in total. The van der Waals surface area contributed by atoms with Crippen LogP contribution in [0.5, 0.6) is 0 Å². The van der Waals surface area contributed by atoms with Gasteiger partial charge in [-0.15, -0.1) is 11.3 Å². The number of piperidine rings is 1. The van der Waals surface area contributed by atoms with Gasteiger partial charge in [0, 0.05) is 22.7 Å². The van der Waals surface area contributed by atoms with Crippen molar-refractivity contribution in [2.24, 2.45) is 0 Å². The Hall–Kier alpha value is -1.90. The molecular formula is C15H15N3OS. The van der Waals surface area contributed by atoms with Gasteiger partial charge in [0.15, 0.2) is 0 Å². The highest BCUT2D eigenvalue weighted by molar-refractivity contribution is 7.20. The van der Waals surface area contributed by atoms with Crippen LogP contribution in [0.2, 0.25) is 0 Å². The maximum atomic E-state index is 12.3. The van der Waals surface area contributed by atoms with Gasteiger partial charge in [-0.05, 0) is 37.6 Å². The largest absolute Gasteiger partial charge is 0.347 e. The number of nitrogens with one attached hydrogen (secondary N) is 2. The van der Waals surface area contributed by atoms with E-state index in [0.29, 0.717) is 10.4 Å². The minimum atomic E-state index is -0.0382. The average molecular weight is 285 g/mol. The SMILES string of the molecule is N#Cc1cccc2sc(C(=O)NC3CCCNC3)cc12. The van der Waals surface area contributed by atoms with Crippen LogP contribution in [0.1, 0.15) is 28.1 Å². The molecule has 1 amide bonds. The van der Waals surface area contributed by atoms with E-state index >= 15 is 0 Å². The minimum Gasteiger partial charge on any atom is -0.347 e. The molecule has 2 aromatic rings. The number of hydrogen-bond donors (Lipinski definition) is 2. The van der Waals surface area contributed by atoms with Gasteiger partial charge < -0.3 is 10.6 Å². The molecule has 5 heteroatoms. The van der Waals surface area contributed by atoms with Crippen molar-refractivity contribution in [2.75, 3.05) is 13.1 Å². The van der Waals surface area contributed by atoms with Crippen molar-refractivity contribution in [1.82, 2.24) is 10.6 Å². The molecular weight excluding hydrogens is 270 g/mol. The average Bonchev–Trinajstić information content (AvgIpc) is 2.92. The first-order valence-corrected chi connectivity index (χ1v) is 7.54. The second kappa shape index (κ2) is 5.61. The minimum absolute atomic E-state index is 0.0382. The smallest absolute Gasteiger partial charge is 0.261 e. The molecule has 1 saturated heterocycles. The lowest BCUT2D eigenvalue weighted by molar-refractivity contribution is 0.0935. The van der Waals surface area contributed by atoms with Crippen LogP contribution < -0.4 is 10.6 Å². The predicted molar refractivity (Wildman–Crippen MR) is 79.9 cm³/mol. The Bertz CT molecular complexity index is 680. The highest BCUT2D eigenvalue weighted by Gasteiger charge is 2.18. The van der Waals surface area contributed by atoms with Crippen LogP contribution in [0.4, 0.5) is 0 Å². The van der Waals surface area contributed by atoms with Crippen molar-refractivity contribution in [2.45, 2.75) is 18.9 Å². The summed E-state index contributed by atoms with van der Waals surface area (Å²) in [4.78, 5) is 12.9. The second-order valence-corrected chi connectivity index (χ2v) is 6.04. The van der Waals surface area contributed by atoms with Crippen LogP contribution >= 0.6 is 11.3 Å². The van der Waals surface area contributed by atoms with Gasteiger partial charge in [0.25, 0.3) is 5.91 Å². The van der Waals surface area contributed by atoms with Gasteiger partial charge in [0.1, 0.15) is 0 Å². The number of thiophene rings is 1. The van der Waals surface area contributed by atoms with Crippen molar-refractivity contribution in [1.29, 1.82) is 5.26 Å². The van der Waals surface area contributed by atoms with Gasteiger partial charge in [-0.2, -0.15) is 5.26 Å². The molecule has 1 atom stereocenters. The molecule has 102 valence electrons. The van der Waals surface area contributed by atoms with Crippen LogP contribution in [-0.2, 0) is 0 Å². The molecule has 1 fully saturated rings. The summed E-state index contributed by atoms with van der Waals surface area (Å²) in [5.41, 5.74) is 0.622. The third-order valence-corrected chi connectivity index (χ3v) is 4.64. The Morgan fingerprint density at radius 3 is 3.15 bits per heavy atom. The Morgan fingerprint density at radius 1 is 1.50 bits per heavy atom. The summed E-state index contributed by atoms with van der Waals surface area (Å²) >= 11 is 1.44. The zero-order valence-electron chi connectivity index (χ0n) is 11.0. The lowest BCUT2D eigenvalue weighted by atomic mass is 10.1. The Kier molecular flexibility index (Phi) is 3.68. The molecule has 2 heterocycles.